The second kappa shape index (κ2) is 3.69. The summed E-state index contributed by atoms with van der Waals surface area (Å²) >= 11 is 0. The topological polar surface area (TPSA) is 71.7 Å². The molecule has 0 bridgehead atoms. The van der Waals surface area contributed by atoms with E-state index in [1.807, 2.05) is 0 Å². The van der Waals surface area contributed by atoms with Gasteiger partial charge in [0, 0.05) is 12.1 Å². The molecule has 0 spiro atoms. The van der Waals surface area contributed by atoms with E-state index in [0.29, 0.717) is 4.73 Å². The van der Waals surface area contributed by atoms with Gasteiger partial charge in [-0.1, -0.05) is 19.2 Å². The number of rotatable bonds is 3. The second-order valence-electron chi connectivity index (χ2n) is 2.45. The molecule has 5 heteroatoms. The molecular weight excluding hydrogens is 186 g/mol. The summed E-state index contributed by atoms with van der Waals surface area (Å²) in [5.74, 6) is -1.57. The highest BCUT2D eigenvalue weighted by molar-refractivity contribution is 5.90. The van der Waals surface area contributed by atoms with Crippen molar-refractivity contribution < 1.29 is 19.8 Å². The molecule has 0 atom stereocenters. The Bertz CT molecular complexity index is 372. The van der Waals surface area contributed by atoms with E-state index in [9.17, 15) is 4.79 Å². The Morgan fingerprint density at radius 2 is 1.93 bits per heavy atom. The maximum atomic E-state index is 11.1. The lowest BCUT2D eigenvalue weighted by atomic mass is 10.3. The Hall–Kier alpha value is -2.17. The fraction of sp³-hybridized carbons (Fsp3) is 0. The molecule has 0 saturated heterocycles. The van der Waals surface area contributed by atoms with E-state index in [2.05, 4.69) is 18.0 Å². The van der Waals surface area contributed by atoms with Gasteiger partial charge in [0.2, 0.25) is 11.8 Å². The van der Waals surface area contributed by atoms with Crippen LogP contribution in [0.15, 0.2) is 36.9 Å². The molecule has 0 aliphatic heterocycles. The summed E-state index contributed by atoms with van der Waals surface area (Å²) in [5.41, 5.74) is 0.0255. The first-order valence-electron chi connectivity index (χ1n) is 3.70. The zero-order chi connectivity index (χ0) is 10.7. The van der Waals surface area contributed by atoms with E-state index in [0.717, 1.165) is 0 Å². The molecule has 0 unspecified atom stereocenters. The van der Waals surface area contributed by atoms with Gasteiger partial charge in [0.15, 0.2) is 0 Å². The zero-order valence-electron chi connectivity index (χ0n) is 7.30. The monoisotopic (exact) mass is 195 g/mol. The van der Waals surface area contributed by atoms with Crippen molar-refractivity contribution in [3.05, 3.63) is 36.9 Å². The van der Waals surface area contributed by atoms with Crippen LogP contribution >= 0.6 is 0 Å². The third-order valence-corrected chi connectivity index (χ3v) is 1.48. The maximum Gasteiger partial charge on any atom is 0.363 e. The van der Waals surface area contributed by atoms with Gasteiger partial charge in [-0.25, -0.2) is 4.79 Å². The maximum absolute atomic E-state index is 11.1. The minimum atomic E-state index is -0.804. The van der Waals surface area contributed by atoms with Crippen molar-refractivity contribution in [1.82, 2.24) is 4.73 Å². The molecule has 0 aliphatic rings. The minimum Gasteiger partial charge on any atom is -0.492 e. The van der Waals surface area contributed by atoms with Gasteiger partial charge in [0.1, 0.15) is 0 Å². The van der Waals surface area contributed by atoms with Crippen molar-refractivity contribution in [2.24, 2.45) is 0 Å². The summed E-state index contributed by atoms with van der Waals surface area (Å²) in [6.45, 7) is 6.66. The van der Waals surface area contributed by atoms with Crippen LogP contribution in [0.3, 0.4) is 0 Å². The average molecular weight is 195 g/mol. The molecule has 1 aromatic rings. The Kier molecular flexibility index (Phi) is 2.62. The summed E-state index contributed by atoms with van der Waals surface area (Å²) in [6, 6.07) is 2.36. The third kappa shape index (κ3) is 1.77. The van der Waals surface area contributed by atoms with E-state index < -0.39 is 5.97 Å². The normalized spacial score (nSPS) is 9.43. The lowest BCUT2D eigenvalue weighted by Crippen LogP contribution is -2.19. The SMILES string of the molecule is C=CC(=C)C(=O)On1c(O)ccc1O. The van der Waals surface area contributed by atoms with Gasteiger partial charge in [-0.15, -0.1) is 4.73 Å². The Balaban J connectivity index is 2.84. The van der Waals surface area contributed by atoms with Gasteiger partial charge in [0.25, 0.3) is 0 Å². The van der Waals surface area contributed by atoms with E-state index in [-0.39, 0.29) is 17.3 Å². The van der Waals surface area contributed by atoms with Crippen LogP contribution < -0.4 is 4.84 Å². The number of aromatic nitrogens is 1. The highest BCUT2D eigenvalue weighted by atomic mass is 16.7. The molecule has 14 heavy (non-hydrogen) atoms. The van der Waals surface area contributed by atoms with Crippen LogP contribution in [0.2, 0.25) is 0 Å². The standard InChI is InChI=1S/C9H9NO4/c1-3-6(2)9(13)14-10-7(11)4-5-8(10)12/h3-5,11-12H,1-2H2. The van der Waals surface area contributed by atoms with Gasteiger partial charge >= 0.3 is 5.97 Å². The molecule has 1 rings (SSSR count). The van der Waals surface area contributed by atoms with E-state index in [1.165, 1.54) is 18.2 Å². The van der Waals surface area contributed by atoms with Gasteiger partial charge in [-0.2, -0.15) is 0 Å². The minimum absolute atomic E-state index is 0.0255. The highest BCUT2D eigenvalue weighted by Gasteiger charge is 2.12. The van der Waals surface area contributed by atoms with Crippen molar-refractivity contribution in [3.8, 4) is 11.8 Å². The van der Waals surface area contributed by atoms with Crippen LogP contribution in [0.25, 0.3) is 0 Å². The molecule has 0 amide bonds. The third-order valence-electron chi connectivity index (χ3n) is 1.48. The summed E-state index contributed by atoms with van der Waals surface area (Å²) in [6.07, 6.45) is 1.21. The summed E-state index contributed by atoms with van der Waals surface area (Å²) < 4.78 is 0.580. The summed E-state index contributed by atoms with van der Waals surface area (Å²) in [7, 11) is 0. The number of carbonyl (C=O) groups is 1. The number of nitrogens with zero attached hydrogens (tertiary/aromatic N) is 1. The van der Waals surface area contributed by atoms with Crippen molar-refractivity contribution in [1.29, 1.82) is 0 Å². The lowest BCUT2D eigenvalue weighted by Gasteiger charge is -2.05. The Labute approximate surface area is 80.1 Å². The van der Waals surface area contributed by atoms with Crippen LogP contribution in [0.4, 0.5) is 0 Å². The predicted molar refractivity (Wildman–Crippen MR) is 48.7 cm³/mol. The van der Waals surface area contributed by atoms with Crippen molar-refractivity contribution in [2.45, 2.75) is 0 Å². The van der Waals surface area contributed by atoms with Crippen LogP contribution in [-0.4, -0.2) is 20.9 Å². The van der Waals surface area contributed by atoms with Crippen LogP contribution in [0.1, 0.15) is 0 Å². The fourth-order valence-corrected chi connectivity index (χ4v) is 0.720. The lowest BCUT2D eigenvalue weighted by molar-refractivity contribution is -0.140. The Morgan fingerprint density at radius 1 is 1.43 bits per heavy atom. The first-order chi connectivity index (χ1) is 6.56. The number of aromatic hydroxyl groups is 2. The number of carbonyl (C=O) groups excluding carboxylic acids is 1. The van der Waals surface area contributed by atoms with E-state index in [4.69, 9.17) is 10.2 Å². The van der Waals surface area contributed by atoms with Gasteiger partial charge in [0.05, 0.1) is 5.57 Å². The molecule has 0 saturated carbocycles. The van der Waals surface area contributed by atoms with Gasteiger partial charge in [-0.3, -0.25) is 0 Å². The summed E-state index contributed by atoms with van der Waals surface area (Å²) in [4.78, 5) is 15.7. The largest absolute Gasteiger partial charge is 0.492 e. The fourth-order valence-electron chi connectivity index (χ4n) is 0.720. The molecule has 1 heterocycles. The molecule has 5 nitrogen and oxygen atoms in total. The van der Waals surface area contributed by atoms with Crippen LogP contribution in [0, 0.1) is 0 Å². The highest BCUT2D eigenvalue weighted by Crippen LogP contribution is 2.18. The predicted octanol–water partition coefficient (Wildman–Crippen LogP) is 0.597. The molecular formula is C9H9NO4. The molecule has 74 valence electrons. The van der Waals surface area contributed by atoms with E-state index in [1.54, 1.807) is 0 Å². The molecule has 0 aliphatic carbocycles. The molecule has 2 N–H and O–H groups in total. The van der Waals surface area contributed by atoms with Crippen LogP contribution in [0.5, 0.6) is 11.8 Å². The number of hydrogen-bond acceptors (Lipinski definition) is 4. The van der Waals surface area contributed by atoms with Gasteiger partial charge in [-0.05, 0) is 0 Å². The van der Waals surface area contributed by atoms with E-state index >= 15 is 0 Å². The van der Waals surface area contributed by atoms with Gasteiger partial charge < -0.3 is 15.1 Å². The molecule has 0 aromatic carbocycles. The number of hydrogen-bond donors (Lipinski definition) is 2. The van der Waals surface area contributed by atoms with Crippen molar-refractivity contribution in [2.75, 3.05) is 0 Å². The second-order valence-corrected chi connectivity index (χ2v) is 2.45. The quantitative estimate of drug-likeness (QED) is 0.547. The summed E-state index contributed by atoms with van der Waals surface area (Å²) in [5, 5.41) is 18.2. The zero-order valence-corrected chi connectivity index (χ0v) is 7.30. The first-order valence-corrected chi connectivity index (χ1v) is 3.70. The Morgan fingerprint density at radius 3 is 2.36 bits per heavy atom. The van der Waals surface area contributed by atoms with Crippen molar-refractivity contribution in [3.63, 3.8) is 0 Å². The smallest absolute Gasteiger partial charge is 0.363 e. The molecule has 0 fully saturated rings. The van der Waals surface area contributed by atoms with Crippen LogP contribution in [-0.2, 0) is 4.79 Å². The molecule has 1 aromatic heterocycles. The average Bonchev–Trinajstić information content (AvgIpc) is 2.48. The first kappa shape index (κ1) is 9.91. The molecule has 0 radical (unpaired) electrons. The van der Waals surface area contributed by atoms with Crippen molar-refractivity contribution >= 4 is 5.97 Å².